The summed E-state index contributed by atoms with van der Waals surface area (Å²) in [4.78, 5) is 20.1. The molecule has 2 aromatic heterocycles. The monoisotopic (exact) mass is 291 g/mol. The summed E-state index contributed by atoms with van der Waals surface area (Å²) >= 11 is 1.37. The Morgan fingerprint density at radius 2 is 2.50 bits per heavy atom. The van der Waals surface area contributed by atoms with E-state index in [1.54, 1.807) is 6.20 Å². The first-order chi connectivity index (χ1) is 9.70. The minimum Gasteiger partial charge on any atom is -0.397 e. The van der Waals surface area contributed by atoms with E-state index in [4.69, 9.17) is 10.5 Å². The summed E-state index contributed by atoms with van der Waals surface area (Å²) < 4.78 is 5.60. The molecule has 0 saturated carbocycles. The normalized spacial score (nSPS) is 19.4. The molecule has 1 saturated heterocycles. The van der Waals surface area contributed by atoms with Crippen LogP contribution in [-0.4, -0.2) is 41.6 Å². The summed E-state index contributed by atoms with van der Waals surface area (Å²) in [5.41, 5.74) is 6.65. The summed E-state index contributed by atoms with van der Waals surface area (Å²) in [6.45, 7) is 3.91. The van der Waals surface area contributed by atoms with Crippen molar-refractivity contribution in [1.82, 2.24) is 9.88 Å². The Kier molecular flexibility index (Phi) is 3.58. The molecule has 5 nitrogen and oxygen atoms in total. The van der Waals surface area contributed by atoms with Gasteiger partial charge in [0, 0.05) is 24.7 Å². The number of hydrogen-bond donors (Lipinski definition) is 1. The first-order valence-electron chi connectivity index (χ1n) is 6.74. The van der Waals surface area contributed by atoms with Gasteiger partial charge in [-0.3, -0.25) is 4.79 Å². The molecular formula is C14H17N3O2S. The number of aromatic nitrogens is 1. The van der Waals surface area contributed by atoms with Crippen LogP contribution in [0.4, 0.5) is 5.69 Å². The Bertz CT molecular complexity index is 640. The third-order valence-electron chi connectivity index (χ3n) is 3.58. The smallest absolute Gasteiger partial charge is 0.266 e. The number of amides is 1. The van der Waals surface area contributed by atoms with Crippen LogP contribution >= 0.6 is 11.3 Å². The maximum atomic E-state index is 12.6. The van der Waals surface area contributed by atoms with Crippen molar-refractivity contribution in [2.24, 2.45) is 0 Å². The second-order valence-corrected chi connectivity index (χ2v) is 5.85. The van der Waals surface area contributed by atoms with E-state index in [-0.39, 0.29) is 12.0 Å². The molecule has 1 aliphatic heterocycles. The van der Waals surface area contributed by atoms with Gasteiger partial charge in [-0.05, 0) is 18.6 Å². The fraction of sp³-hybridized carbons (Fsp3) is 0.429. The number of nitrogen functional groups attached to an aromatic ring is 1. The molecule has 0 aliphatic carbocycles. The minimum absolute atomic E-state index is 0.00718. The van der Waals surface area contributed by atoms with Crippen molar-refractivity contribution in [3.63, 3.8) is 0 Å². The highest BCUT2D eigenvalue weighted by molar-refractivity contribution is 7.21. The van der Waals surface area contributed by atoms with Gasteiger partial charge in [-0.1, -0.05) is 6.92 Å². The van der Waals surface area contributed by atoms with Crippen LogP contribution < -0.4 is 5.73 Å². The lowest BCUT2D eigenvalue weighted by atomic mass is 10.2. The molecule has 3 rings (SSSR count). The number of carbonyl (C=O) groups is 1. The molecule has 0 bridgehead atoms. The number of ether oxygens (including phenoxy) is 1. The Morgan fingerprint density at radius 1 is 1.65 bits per heavy atom. The zero-order chi connectivity index (χ0) is 14.1. The van der Waals surface area contributed by atoms with Crippen LogP contribution in [0.3, 0.4) is 0 Å². The van der Waals surface area contributed by atoms with Crippen LogP contribution in [-0.2, 0) is 4.74 Å². The lowest BCUT2D eigenvalue weighted by Gasteiger charge is -2.32. The molecule has 20 heavy (non-hydrogen) atoms. The van der Waals surface area contributed by atoms with E-state index in [1.807, 2.05) is 17.0 Å². The van der Waals surface area contributed by atoms with E-state index < -0.39 is 0 Å². The molecule has 106 valence electrons. The zero-order valence-corrected chi connectivity index (χ0v) is 12.2. The Morgan fingerprint density at radius 3 is 3.25 bits per heavy atom. The summed E-state index contributed by atoms with van der Waals surface area (Å²) in [5, 5.41) is 0.862. The number of nitrogens with zero attached hydrogens (tertiary/aromatic N) is 2. The van der Waals surface area contributed by atoms with Crippen LogP contribution in [0, 0.1) is 0 Å². The SMILES string of the molecule is CCC1CN(C(=O)c2sc3ncccc3c2N)CCO1. The molecular weight excluding hydrogens is 274 g/mol. The summed E-state index contributed by atoms with van der Waals surface area (Å²) in [6, 6.07) is 3.74. The van der Waals surface area contributed by atoms with Gasteiger partial charge >= 0.3 is 0 Å². The molecule has 0 radical (unpaired) electrons. The molecule has 3 heterocycles. The van der Waals surface area contributed by atoms with E-state index in [0.717, 1.165) is 16.6 Å². The number of rotatable bonds is 2. The summed E-state index contributed by atoms with van der Waals surface area (Å²) in [5.74, 6) is -0.00718. The van der Waals surface area contributed by atoms with Crippen molar-refractivity contribution in [2.75, 3.05) is 25.4 Å². The van der Waals surface area contributed by atoms with Gasteiger partial charge in [-0.25, -0.2) is 4.98 Å². The van der Waals surface area contributed by atoms with Gasteiger partial charge < -0.3 is 15.4 Å². The highest BCUT2D eigenvalue weighted by Gasteiger charge is 2.27. The van der Waals surface area contributed by atoms with Crippen molar-refractivity contribution < 1.29 is 9.53 Å². The predicted molar refractivity (Wildman–Crippen MR) is 80.0 cm³/mol. The number of carbonyl (C=O) groups excluding carboxylic acids is 1. The van der Waals surface area contributed by atoms with Crippen molar-refractivity contribution >= 4 is 33.1 Å². The molecule has 6 heteroatoms. The Labute approximate surface area is 121 Å². The number of fused-ring (bicyclic) bond motifs is 1. The average molecular weight is 291 g/mol. The number of pyridine rings is 1. The maximum Gasteiger partial charge on any atom is 0.266 e. The van der Waals surface area contributed by atoms with E-state index in [0.29, 0.717) is 30.3 Å². The quantitative estimate of drug-likeness (QED) is 0.920. The van der Waals surface area contributed by atoms with Gasteiger partial charge in [0.05, 0.1) is 18.4 Å². The molecule has 1 aliphatic rings. The zero-order valence-electron chi connectivity index (χ0n) is 11.3. The molecule has 1 fully saturated rings. The predicted octanol–water partition coefficient (Wildman–Crippen LogP) is 2.13. The summed E-state index contributed by atoms with van der Waals surface area (Å²) in [7, 11) is 0. The molecule has 1 atom stereocenters. The molecule has 1 amide bonds. The second kappa shape index (κ2) is 5.38. The number of thiophene rings is 1. The maximum absolute atomic E-state index is 12.6. The van der Waals surface area contributed by atoms with Crippen molar-refractivity contribution in [2.45, 2.75) is 19.4 Å². The highest BCUT2D eigenvalue weighted by atomic mass is 32.1. The number of morpholine rings is 1. The van der Waals surface area contributed by atoms with Gasteiger partial charge in [0.25, 0.3) is 5.91 Å². The van der Waals surface area contributed by atoms with E-state index in [9.17, 15) is 4.79 Å². The van der Waals surface area contributed by atoms with Crippen molar-refractivity contribution in [1.29, 1.82) is 0 Å². The Hall–Kier alpha value is -1.66. The van der Waals surface area contributed by atoms with E-state index in [1.165, 1.54) is 11.3 Å². The fourth-order valence-electron chi connectivity index (χ4n) is 2.40. The molecule has 2 aromatic rings. The second-order valence-electron chi connectivity index (χ2n) is 4.85. The van der Waals surface area contributed by atoms with Crippen LogP contribution in [0.2, 0.25) is 0 Å². The fourth-order valence-corrected chi connectivity index (χ4v) is 3.44. The highest BCUT2D eigenvalue weighted by Crippen LogP contribution is 2.33. The lowest BCUT2D eigenvalue weighted by molar-refractivity contribution is -0.0224. The van der Waals surface area contributed by atoms with Gasteiger partial charge in [0.15, 0.2) is 0 Å². The topological polar surface area (TPSA) is 68.5 Å². The van der Waals surface area contributed by atoms with Crippen LogP contribution in [0.25, 0.3) is 10.2 Å². The van der Waals surface area contributed by atoms with Gasteiger partial charge in [-0.15, -0.1) is 11.3 Å². The molecule has 0 spiro atoms. The minimum atomic E-state index is -0.00718. The molecule has 0 aromatic carbocycles. The summed E-state index contributed by atoms with van der Waals surface area (Å²) in [6.07, 6.45) is 2.75. The number of hydrogen-bond acceptors (Lipinski definition) is 5. The molecule has 1 unspecified atom stereocenters. The first kappa shape index (κ1) is 13.3. The standard InChI is InChI=1S/C14H17N3O2S/c1-2-9-8-17(6-7-19-9)14(18)12-11(15)10-4-3-5-16-13(10)20-12/h3-5,9H,2,6-8,15H2,1H3. The van der Waals surface area contributed by atoms with E-state index >= 15 is 0 Å². The largest absolute Gasteiger partial charge is 0.397 e. The van der Waals surface area contributed by atoms with Crippen molar-refractivity contribution in [3.05, 3.63) is 23.2 Å². The first-order valence-corrected chi connectivity index (χ1v) is 7.56. The number of anilines is 1. The lowest BCUT2D eigenvalue weighted by Crippen LogP contribution is -2.45. The van der Waals surface area contributed by atoms with Crippen LogP contribution in [0.15, 0.2) is 18.3 Å². The third-order valence-corrected chi connectivity index (χ3v) is 4.70. The van der Waals surface area contributed by atoms with Crippen LogP contribution in [0.5, 0.6) is 0 Å². The average Bonchev–Trinajstić information content (AvgIpc) is 2.84. The Balaban J connectivity index is 1.90. The van der Waals surface area contributed by atoms with Gasteiger partial charge in [0.2, 0.25) is 0 Å². The van der Waals surface area contributed by atoms with Crippen molar-refractivity contribution in [3.8, 4) is 0 Å². The van der Waals surface area contributed by atoms with Gasteiger partial charge in [0.1, 0.15) is 9.71 Å². The number of nitrogens with two attached hydrogens (primary N) is 1. The van der Waals surface area contributed by atoms with Crippen LogP contribution in [0.1, 0.15) is 23.0 Å². The third kappa shape index (κ3) is 2.25. The van der Waals surface area contributed by atoms with Gasteiger partial charge in [-0.2, -0.15) is 0 Å². The molecule has 2 N–H and O–H groups in total. The van der Waals surface area contributed by atoms with E-state index in [2.05, 4.69) is 11.9 Å².